The minimum absolute atomic E-state index is 0.0566. The van der Waals surface area contributed by atoms with Gasteiger partial charge in [0.1, 0.15) is 5.76 Å². The molecule has 2 atom stereocenters. The largest absolute Gasteiger partial charge is 0.500 e. The first-order chi connectivity index (χ1) is 9.17. The molecule has 2 heterocycles. The van der Waals surface area contributed by atoms with Crippen LogP contribution in [0.2, 0.25) is 0 Å². The molecule has 100 valence electrons. The molecule has 0 N–H and O–H groups in total. The Morgan fingerprint density at radius 2 is 1.95 bits per heavy atom. The van der Waals surface area contributed by atoms with Crippen molar-refractivity contribution in [2.24, 2.45) is 5.92 Å². The highest BCUT2D eigenvalue weighted by atomic mass is 16.5. The monoisotopic (exact) mass is 262 g/mol. The summed E-state index contributed by atoms with van der Waals surface area (Å²) >= 11 is 0. The molecule has 19 heavy (non-hydrogen) atoms. The Kier molecular flexibility index (Phi) is 2.62. The molecule has 0 amide bonds. The van der Waals surface area contributed by atoms with Crippen LogP contribution < -0.4 is 16.3 Å². The van der Waals surface area contributed by atoms with Gasteiger partial charge in [-0.15, -0.1) is 0 Å². The molecule has 0 fully saturated rings. The zero-order valence-corrected chi connectivity index (χ0v) is 10.9. The van der Waals surface area contributed by atoms with Gasteiger partial charge in [-0.05, 0) is 18.6 Å². The third kappa shape index (κ3) is 1.58. The van der Waals surface area contributed by atoms with Gasteiger partial charge in [0.15, 0.2) is 17.3 Å². The van der Waals surface area contributed by atoms with E-state index in [-0.39, 0.29) is 12.0 Å². The highest BCUT2D eigenvalue weighted by Crippen LogP contribution is 2.32. The second-order valence-corrected chi connectivity index (χ2v) is 4.50. The van der Waals surface area contributed by atoms with Gasteiger partial charge in [0.2, 0.25) is 0 Å². The number of ether oxygens (including phenoxy) is 3. The molecule has 0 bridgehead atoms. The van der Waals surface area contributed by atoms with Gasteiger partial charge in [-0.25, -0.2) is 4.79 Å². The number of aryl methyl sites for hydroxylation is 1. The lowest BCUT2D eigenvalue weighted by atomic mass is 9.92. The van der Waals surface area contributed by atoms with Gasteiger partial charge in [-0.2, -0.15) is 0 Å². The molecule has 0 radical (unpaired) electrons. The Labute approximate surface area is 109 Å². The lowest BCUT2D eigenvalue weighted by molar-refractivity contribution is 0.138. The standard InChI is InChI=1S/C14H14O5/c1-7-6-9(15)19-13-10(7)11(16-2)8-4-5-18-12(8)14(13)17-3/h4-6,8,12H,1-3H3. The number of methoxy groups -OCH3 is 2. The lowest BCUT2D eigenvalue weighted by Gasteiger charge is -2.25. The maximum atomic E-state index is 11.6. The summed E-state index contributed by atoms with van der Waals surface area (Å²) in [5.41, 5.74) is 0.788. The summed E-state index contributed by atoms with van der Waals surface area (Å²) in [6.45, 7) is 1.85. The minimum Gasteiger partial charge on any atom is -0.500 e. The fraction of sp³-hybridized carbons (Fsp3) is 0.357. The Morgan fingerprint density at radius 1 is 1.21 bits per heavy atom. The van der Waals surface area contributed by atoms with Crippen LogP contribution in [0.4, 0.5) is 0 Å². The van der Waals surface area contributed by atoms with E-state index in [0.29, 0.717) is 11.2 Å². The van der Waals surface area contributed by atoms with E-state index in [2.05, 4.69) is 0 Å². The predicted octanol–water partition coefficient (Wildman–Crippen LogP) is -0.000280. The Morgan fingerprint density at radius 3 is 2.63 bits per heavy atom. The van der Waals surface area contributed by atoms with Crippen molar-refractivity contribution >= 4 is 11.5 Å². The summed E-state index contributed by atoms with van der Waals surface area (Å²) in [5, 5.41) is 0.773. The normalized spacial score (nSPS) is 23.7. The molecule has 5 heteroatoms. The zero-order chi connectivity index (χ0) is 13.6. The van der Waals surface area contributed by atoms with Crippen LogP contribution >= 0.6 is 0 Å². The molecular weight excluding hydrogens is 248 g/mol. The Hall–Kier alpha value is -2.17. The highest BCUT2D eigenvalue weighted by Gasteiger charge is 2.38. The number of hydrogen-bond acceptors (Lipinski definition) is 5. The number of rotatable bonds is 2. The second-order valence-electron chi connectivity index (χ2n) is 4.50. The molecular formula is C14H14O5. The van der Waals surface area contributed by atoms with E-state index in [4.69, 9.17) is 18.6 Å². The highest BCUT2D eigenvalue weighted by molar-refractivity contribution is 5.59. The average molecular weight is 262 g/mol. The Balaban J connectivity index is 2.51. The van der Waals surface area contributed by atoms with Crippen molar-refractivity contribution in [3.8, 4) is 0 Å². The average Bonchev–Trinajstić information content (AvgIpc) is 2.84. The van der Waals surface area contributed by atoms with Crippen molar-refractivity contribution in [2.75, 3.05) is 14.2 Å². The van der Waals surface area contributed by atoms with Crippen LogP contribution in [0.15, 0.2) is 27.6 Å². The van der Waals surface area contributed by atoms with Crippen molar-refractivity contribution in [2.45, 2.75) is 13.0 Å². The van der Waals surface area contributed by atoms with Gasteiger partial charge >= 0.3 is 5.63 Å². The van der Waals surface area contributed by atoms with Gasteiger partial charge in [-0.1, -0.05) is 0 Å². The van der Waals surface area contributed by atoms with E-state index < -0.39 is 5.63 Å². The quantitative estimate of drug-likeness (QED) is 0.751. The first kappa shape index (κ1) is 11.9. The number of fused-ring (bicyclic) bond motifs is 2. The molecule has 0 spiro atoms. The molecule has 0 saturated carbocycles. The molecule has 2 aliphatic rings. The summed E-state index contributed by atoms with van der Waals surface area (Å²) < 4.78 is 21.7. The summed E-state index contributed by atoms with van der Waals surface area (Å²) in [7, 11) is 3.14. The van der Waals surface area contributed by atoms with Crippen LogP contribution in [0.5, 0.6) is 0 Å². The molecule has 3 rings (SSSR count). The molecule has 2 unspecified atom stereocenters. The SMILES string of the molecule is COC1=c2oc(=O)cc(C)c2=C(OC)C2C=COC12. The van der Waals surface area contributed by atoms with Gasteiger partial charge in [-0.3, -0.25) is 0 Å². The molecule has 1 aliphatic heterocycles. The van der Waals surface area contributed by atoms with Crippen molar-refractivity contribution < 1.29 is 18.6 Å². The van der Waals surface area contributed by atoms with Crippen LogP contribution in [-0.2, 0) is 14.2 Å². The Bertz CT molecular complexity index is 725. The first-order valence-electron chi connectivity index (χ1n) is 5.96. The van der Waals surface area contributed by atoms with Crippen molar-refractivity contribution in [3.63, 3.8) is 0 Å². The van der Waals surface area contributed by atoms with E-state index in [9.17, 15) is 4.79 Å². The van der Waals surface area contributed by atoms with Crippen LogP contribution in [0.1, 0.15) is 5.56 Å². The topological polar surface area (TPSA) is 57.9 Å². The fourth-order valence-electron chi connectivity index (χ4n) is 2.68. The smallest absolute Gasteiger partial charge is 0.336 e. The van der Waals surface area contributed by atoms with Crippen LogP contribution in [0, 0.1) is 12.8 Å². The third-order valence-corrected chi connectivity index (χ3v) is 3.47. The molecule has 0 aromatic carbocycles. The molecule has 5 nitrogen and oxygen atoms in total. The maximum absolute atomic E-state index is 11.6. The third-order valence-electron chi connectivity index (χ3n) is 3.47. The fourth-order valence-corrected chi connectivity index (χ4v) is 2.68. The van der Waals surface area contributed by atoms with Gasteiger partial charge in [0.05, 0.1) is 31.6 Å². The van der Waals surface area contributed by atoms with Gasteiger partial charge in [0, 0.05) is 6.07 Å². The van der Waals surface area contributed by atoms with Crippen LogP contribution in [-0.4, -0.2) is 20.3 Å². The molecule has 0 saturated heterocycles. The van der Waals surface area contributed by atoms with Gasteiger partial charge < -0.3 is 18.6 Å². The predicted molar refractivity (Wildman–Crippen MR) is 67.3 cm³/mol. The minimum atomic E-state index is -0.411. The van der Waals surface area contributed by atoms with Crippen molar-refractivity contribution in [3.05, 3.63) is 45.0 Å². The summed E-state index contributed by atoms with van der Waals surface area (Å²) in [6, 6.07) is 1.45. The maximum Gasteiger partial charge on any atom is 0.336 e. The molecule has 1 aromatic heterocycles. The molecule has 1 aliphatic carbocycles. The van der Waals surface area contributed by atoms with Crippen LogP contribution in [0.3, 0.4) is 0 Å². The molecule has 1 aromatic rings. The summed E-state index contributed by atoms with van der Waals surface area (Å²) in [5.74, 6) is 1.20. The van der Waals surface area contributed by atoms with E-state index in [1.165, 1.54) is 13.2 Å². The van der Waals surface area contributed by atoms with E-state index in [1.54, 1.807) is 13.4 Å². The van der Waals surface area contributed by atoms with E-state index >= 15 is 0 Å². The number of hydrogen-bond donors (Lipinski definition) is 0. The first-order valence-corrected chi connectivity index (χ1v) is 5.96. The zero-order valence-electron chi connectivity index (χ0n) is 10.9. The lowest BCUT2D eigenvalue weighted by Crippen LogP contribution is -2.45. The summed E-state index contributed by atoms with van der Waals surface area (Å²) in [6.07, 6.45) is 3.19. The van der Waals surface area contributed by atoms with Crippen molar-refractivity contribution in [1.29, 1.82) is 0 Å². The summed E-state index contributed by atoms with van der Waals surface area (Å²) in [4.78, 5) is 11.6. The second kappa shape index (κ2) is 4.19. The van der Waals surface area contributed by atoms with E-state index in [0.717, 1.165) is 16.5 Å². The van der Waals surface area contributed by atoms with Crippen molar-refractivity contribution in [1.82, 2.24) is 0 Å². The van der Waals surface area contributed by atoms with Gasteiger partial charge in [0.25, 0.3) is 0 Å². The van der Waals surface area contributed by atoms with Crippen LogP contribution in [0.25, 0.3) is 11.5 Å². The van der Waals surface area contributed by atoms with E-state index in [1.807, 2.05) is 13.0 Å².